The number of anilines is 2. The van der Waals surface area contributed by atoms with Crippen molar-refractivity contribution in [2.75, 3.05) is 16.8 Å². The van der Waals surface area contributed by atoms with Gasteiger partial charge in [-0.2, -0.15) is 0 Å². The lowest BCUT2D eigenvalue weighted by Gasteiger charge is -2.19. The minimum absolute atomic E-state index is 0.216. The van der Waals surface area contributed by atoms with Crippen LogP contribution in [0, 0.1) is 6.92 Å². The molecule has 3 aromatic rings. The predicted molar refractivity (Wildman–Crippen MR) is 123 cm³/mol. The summed E-state index contributed by atoms with van der Waals surface area (Å²) in [5, 5.41) is 3.78. The molecule has 0 aromatic heterocycles. The van der Waals surface area contributed by atoms with Gasteiger partial charge in [0.05, 0.1) is 17.9 Å². The Balaban J connectivity index is 1.84. The van der Waals surface area contributed by atoms with Crippen molar-refractivity contribution in [1.29, 1.82) is 0 Å². The molecule has 0 fully saturated rings. The first-order chi connectivity index (χ1) is 15.0. The largest absolute Gasteiger partial charge is 0.492 e. The molecule has 0 aliphatic carbocycles. The van der Waals surface area contributed by atoms with E-state index in [4.69, 9.17) is 16.3 Å². The van der Waals surface area contributed by atoms with Crippen molar-refractivity contribution >= 4 is 40.4 Å². The van der Waals surface area contributed by atoms with Crippen LogP contribution in [0.1, 0.15) is 18.1 Å². The number of aryl methyl sites for hydroxylation is 1. The molecule has 0 saturated carbocycles. The average molecular weight is 433 g/mol. The molecule has 5 nitrogen and oxygen atoms in total. The van der Waals surface area contributed by atoms with E-state index in [9.17, 15) is 9.59 Å². The monoisotopic (exact) mass is 432 g/mol. The third kappa shape index (κ3) is 3.92. The number of nitrogens with one attached hydrogen (secondary N) is 1. The summed E-state index contributed by atoms with van der Waals surface area (Å²) in [5.41, 5.74) is 3.16. The standard InChI is InChI=1S/C25H21ClN2O3/c1-3-31-21-12-8-7-11-20(21)28-24(29)22(17-9-5-4-6-10-17)23(25(28)30)27-19-14-13-18(26)15-16(19)2/h4-15,27H,3H2,1-2H3. The van der Waals surface area contributed by atoms with Gasteiger partial charge in [0.15, 0.2) is 0 Å². The fourth-order valence-electron chi connectivity index (χ4n) is 3.56. The fourth-order valence-corrected chi connectivity index (χ4v) is 3.79. The Morgan fingerprint density at radius 1 is 0.935 bits per heavy atom. The SMILES string of the molecule is CCOc1ccccc1N1C(=O)C(Nc2ccc(Cl)cc2C)=C(c2ccccc2)C1=O. The fraction of sp³-hybridized carbons (Fsp3) is 0.120. The molecule has 1 aliphatic heterocycles. The Bertz CT molecular complexity index is 1190. The molecular formula is C25H21ClN2O3. The number of amides is 2. The summed E-state index contributed by atoms with van der Waals surface area (Å²) < 4.78 is 5.67. The van der Waals surface area contributed by atoms with Gasteiger partial charge in [-0.1, -0.05) is 54.1 Å². The zero-order valence-corrected chi connectivity index (χ0v) is 17.9. The molecule has 31 heavy (non-hydrogen) atoms. The van der Waals surface area contributed by atoms with Crippen LogP contribution in [-0.4, -0.2) is 18.4 Å². The van der Waals surface area contributed by atoms with Crippen LogP contribution in [0.25, 0.3) is 5.57 Å². The summed E-state index contributed by atoms with van der Waals surface area (Å²) in [4.78, 5) is 28.3. The Kier molecular flexibility index (Phi) is 5.78. The summed E-state index contributed by atoms with van der Waals surface area (Å²) in [6, 6.07) is 21.5. The lowest BCUT2D eigenvalue weighted by molar-refractivity contribution is -0.120. The third-order valence-electron chi connectivity index (χ3n) is 5.00. The molecule has 4 rings (SSSR count). The number of halogens is 1. The molecule has 1 N–H and O–H groups in total. The van der Waals surface area contributed by atoms with Crippen molar-refractivity contribution in [3.8, 4) is 5.75 Å². The van der Waals surface area contributed by atoms with E-state index in [2.05, 4.69) is 5.32 Å². The molecule has 1 heterocycles. The molecule has 6 heteroatoms. The molecule has 3 aromatic carbocycles. The van der Waals surface area contributed by atoms with Crippen molar-refractivity contribution in [2.24, 2.45) is 0 Å². The van der Waals surface area contributed by atoms with Gasteiger partial charge in [-0.15, -0.1) is 0 Å². The number of carbonyl (C=O) groups is 2. The van der Waals surface area contributed by atoms with Crippen molar-refractivity contribution in [1.82, 2.24) is 0 Å². The average Bonchev–Trinajstić information content (AvgIpc) is 3.01. The summed E-state index contributed by atoms with van der Waals surface area (Å²) in [6.45, 7) is 4.16. The zero-order valence-electron chi connectivity index (χ0n) is 17.2. The van der Waals surface area contributed by atoms with Crippen LogP contribution in [0.15, 0.2) is 78.5 Å². The van der Waals surface area contributed by atoms with E-state index < -0.39 is 11.8 Å². The van der Waals surface area contributed by atoms with Crippen LogP contribution in [0.4, 0.5) is 11.4 Å². The van der Waals surface area contributed by atoms with E-state index in [1.807, 2.05) is 44.2 Å². The van der Waals surface area contributed by atoms with Gasteiger partial charge in [0, 0.05) is 10.7 Å². The summed E-state index contributed by atoms with van der Waals surface area (Å²) >= 11 is 6.08. The number of carbonyl (C=O) groups excluding carboxylic acids is 2. The second-order valence-corrected chi connectivity index (χ2v) is 7.48. The maximum absolute atomic E-state index is 13.5. The number of imide groups is 1. The van der Waals surface area contributed by atoms with Gasteiger partial charge in [0.25, 0.3) is 11.8 Å². The molecule has 0 atom stereocenters. The number of benzene rings is 3. The summed E-state index contributed by atoms with van der Waals surface area (Å²) in [7, 11) is 0. The van der Waals surface area contributed by atoms with Crippen LogP contribution in [0.3, 0.4) is 0 Å². The molecule has 2 amide bonds. The highest BCUT2D eigenvalue weighted by Crippen LogP contribution is 2.38. The molecule has 0 radical (unpaired) electrons. The normalized spacial score (nSPS) is 13.7. The Morgan fingerprint density at radius 3 is 2.35 bits per heavy atom. The number of rotatable bonds is 6. The third-order valence-corrected chi connectivity index (χ3v) is 5.24. The molecule has 0 saturated heterocycles. The highest BCUT2D eigenvalue weighted by molar-refractivity contribution is 6.46. The minimum Gasteiger partial charge on any atom is -0.492 e. The van der Waals surface area contributed by atoms with E-state index in [1.165, 1.54) is 4.90 Å². The predicted octanol–water partition coefficient (Wildman–Crippen LogP) is 5.44. The van der Waals surface area contributed by atoms with Crippen molar-refractivity contribution < 1.29 is 14.3 Å². The molecule has 156 valence electrons. The first-order valence-corrected chi connectivity index (χ1v) is 10.3. The van der Waals surface area contributed by atoms with Gasteiger partial charge in [-0.25, -0.2) is 4.90 Å². The molecular weight excluding hydrogens is 412 g/mol. The molecule has 0 bridgehead atoms. The lowest BCUT2D eigenvalue weighted by atomic mass is 10.0. The maximum atomic E-state index is 13.5. The van der Waals surface area contributed by atoms with E-state index in [1.54, 1.807) is 42.5 Å². The minimum atomic E-state index is -0.439. The van der Waals surface area contributed by atoms with E-state index in [0.29, 0.717) is 39.9 Å². The van der Waals surface area contributed by atoms with Gasteiger partial charge in [0.2, 0.25) is 0 Å². The number of hydrogen-bond donors (Lipinski definition) is 1. The van der Waals surface area contributed by atoms with Crippen LogP contribution < -0.4 is 15.0 Å². The number of nitrogens with zero attached hydrogens (tertiary/aromatic N) is 1. The van der Waals surface area contributed by atoms with Gasteiger partial charge >= 0.3 is 0 Å². The van der Waals surface area contributed by atoms with Crippen LogP contribution in [0.2, 0.25) is 5.02 Å². The summed E-state index contributed by atoms with van der Waals surface area (Å²) in [6.07, 6.45) is 0. The number of ether oxygens (including phenoxy) is 1. The number of para-hydroxylation sites is 2. The zero-order chi connectivity index (χ0) is 22.0. The Morgan fingerprint density at radius 2 is 1.65 bits per heavy atom. The van der Waals surface area contributed by atoms with Crippen LogP contribution in [0.5, 0.6) is 5.75 Å². The summed E-state index contributed by atoms with van der Waals surface area (Å²) in [5.74, 6) is -0.370. The maximum Gasteiger partial charge on any atom is 0.282 e. The Labute approximate surface area is 185 Å². The smallest absolute Gasteiger partial charge is 0.282 e. The van der Waals surface area contributed by atoms with Gasteiger partial charge < -0.3 is 10.1 Å². The van der Waals surface area contributed by atoms with Crippen LogP contribution in [-0.2, 0) is 9.59 Å². The van der Waals surface area contributed by atoms with Gasteiger partial charge in [-0.3, -0.25) is 9.59 Å². The van der Waals surface area contributed by atoms with Crippen molar-refractivity contribution in [3.63, 3.8) is 0 Å². The highest BCUT2D eigenvalue weighted by Gasteiger charge is 2.41. The van der Waals surface area contributed by atoms with Crippen LogP contribution >= 0.6 is 11.6 Å². The van der Waals surface area contributed by atoms with E-state index >= 15 is 0 Å². The quantitative estimate of drug-likeness (QED) is 0.526. The lowest BCUT2D eigenvalue weighted by Crippen LogP contribution is -2.32. The highest BCUT2D eigenvalue weighted by atomic mass is 35.5. The van der Waals surface area contributed by atoms with E-state index in [-0.39, 0.29) is 5.70 Å². The first kappa shape index (κ1) is 20.7. The second kappa shape index (κ2) is 8.66. The number of hydrogen-bond acceptors (Lipinski definition) is 4. The van der Waals surface area contributed by atoms with E-state index in [0.717, 1.165) is 5.56 Å². The Hall–Kier alpha value is -3.57. The second-order valence-electron chi connectivity index (χ2n) is 7.05. The molecule has 1 aliphatic rings. The van der Waals surface area contributed by atoms with Gasteiger partial charge in [-0.05, 0) is 55.3 Å². The van der Waals surface area contributed by atoms with Gasteiger partial charge in [0.1, 0.15) is 11.4 Å². The van der Waals surface area contributed by atoms with Crippen molar-refractivity contribution in [2.45, 2.75) is 13.8 Å². The topological polar surface area (TPSA) is 58.6 Å². The molecule has 0 unspecified atom stereocenters. The first-order valence-electron chi connectivity index (χ1n) is 9.94. The molecule has 0 spiro atoms. The van der Waals surface area contributed by atoms with Crippen molar-refractivity contribution in [3.05, 3.63) is 94.6 Å².